The third kappa shape index (κ3) is 40.2. The lowest BCUT2D eigenvalue weighted by atomic mass is 10.0. The summed E-state index contributed by atoms with van der Waals surface area (Å²) in [5, 5.41) is 9.27. The number of aliphatic hydroxyl groups is 1. The summed E-state index contributed by atoms with van der Waals surface area (Å²) < 4.78 is 17.0. The molecule has 0 aromatic carbocycles. The number of nitrogens with zero attached hydrogens (tertiary/aromatic N) is 1. The molecule has 0 rings (SSSR count). The number of carbonyl (C=O) groups is 2. The number of ether oxygens (including phenoxy) is 3. The van der Waals surface area contributed by atoms with Crippen LogP contribution in [0.4, 0.5) is 0 Å². The molecule has 0 saturated carbocycles. The molecule has 0 aromatic heterocycles. The summed E-state index contributed by atoms with van der Waals surface area (Å²) in [7, 11) is 0. The SMILES string of the molecule is CCCCCCCCOC/C=C\COC(=O)CCCCCN(CCCCO)CCCCCCCC(=O)OC(CCCCCCCC)CCCCCCCC. The highest BCUT2D eigenvalue weighted by atomic mass is 16.5. The number of hydrogen-bond acceptors (Lipinski definition) is 7. The first-order valence-electron chi connectivity index (χ1n) is 23.5. The lowest BCUT2D eigenvalue weighted by molar-refractivity contribution is -0.150. The van der Waals surface area contributed by atoms with E-state index in [2.05, 4.69) is 25.7 Å². The minimum atomic E-state index is -0.123. The molecule has 0 atom stereocenters. The van der Waals surface area contributed by atoms with Gasteiger partial charge in [-0.2, -0.15) is 0 Å². The molecule has 0 aliphatic carbocycles. The second kappa shape index (κ2) is 44.3. The van der Waals surface area contributed by atoms with Crippen LogP contribution in [0.3, 0.4) is 0 Å². The van der Waals surface area contributed by atoms with Crippen molar-refractivity contribution in [3.63, 3.8) is 0 Å². The molecule has 7 heteroatoms. The molecule has 0 spiro atoms. The normalized spacial score (nSPS) is 11.7. The number of unbranched alkanes of at least 4 members (excludes halogenated alkanes) is 22. The van der Waals surface area contributed by atoms with Crippen molar-refractivity contribution in [3.8, 4) is 0 Å². The van der Waals surface area contributed by atoms with Crippen molar-refractivity contribution in [2.24, 2.45) is 0 Å². The van der Waals surface area contributed by atoms with Gasteiger partial charge in [0, 0.05) is 26.1 Å². The van der Waals surface area contributed by atoms with Gasteiger partial charge < -0.3 is 24.2 Å². The highest BCUT2D eigenvalue weighted by Crippen LogP contribution is 2.18. The first kappa shape index (κ1) is 52.6. The number of hydrogen-bond donors (Lipinski definition) is 1. The summed E-state index contributed by atoms with van der Waals surface area (Å²) in [5.41, 5.74) is 0. The van der Waals surface area contributed by atoms with Crippen LogP contribution in [0.2, 0.25) is 0 Å². The number of esters is 2. The Morgan fingerprint density at radius 2 is 0.926 bits per heavy atom. The van der Waals surface area contributed by atoms with Gasteiger partial charge in [0.05, 0.1) is 6.61 Å². The molecule has 54 heavy (non-hydrogen) atoms. The third-order valence-corrected chi connectivity index (χ3v) is 10.5. The summed E-state index contributed by atoms with van der Waals surface area (Å²) in [6.07, 6.45) is 40.3. The van der Waals surface area contributed by atoms with E-state index in [-0.39, 0.29) is 24.6 Å². The quantitative estimate of drug-likeness (QED) is 0.0375. The Hall–Kier alpha value is -1.44. The lowest BCUT2D eigenvalue weighted by Crippen LogP contribution is -2.27. The summed E-state index contributed by atoms with van der Waals surface area (Å²) in [5.74, 6) is -0.113. The maximum Gasteiger partial charge on any atom is 0.306 e. The van der Waals surface area contributed by atoms with E-state index in [1.54, 1.807) is 0 Å². The van der Waals surface area contributed by atoms with E-state index in [0.29, 0.717) is 26.1 Å². The van der Waals surface area contributed by atoms with Crippen molar-refractivity contribution in [1.29, 1.82) is 0 Å². The van der Waals surface area contributed by atoms with Gasteiger partial charge in [-0.05, 0) is 96.3 Å². The molecule has 0 aliphatic heterocycles. The van der Waals surface area contributed by atoms with Crippen LogP contribution in [0, 0.1) is 0 Å². The van der Waals surface area contributed by atoms with Gasteiger partial charge in [-0.25, -0.2) is 0 Å². The van der Waals surface area contributed by atoms with Gasteiger partial charge in [-0.1, -0.05) is 149 Å². The largest absolute Gasteiger partial charge is 0.462 e. The van der Waals surface area contributed by atoms with Crippen molar-refractivity contribution in [1.82, 2.24) is 4.90 Å². The van der Waals surface area contributed by atoms with Crippen molar-refractivity contribution >= 4 is 11.9 Å². The van der Waals surface area contributed by atoms with E-state index in [9.17, 15) is 14.7 Å². The van der Waals surface area contributed by atoms with Crippen LogP contribution >= 0.6 is 0 Å². The third-order valence-electron chi connectivity index (χ3n) is 10.5. The zero-order chi connectivity index (χ0) is 39.4. The van der Waals surface area contributed by atoms with Crippen molar-refractivity contribution < 1.29 is 28.9 Å². The Labute approximate surface area is 335 Å². The Morgan fingerprint density at radius 3 is 1.48 bits per heavy atom. The average molecular weight is 766 g/mol. The molecule has 0 aliphatic rings. The van der Waals surface area contributed by atoms with Gasteiger partial charge in [0.1, 0.15) is 12.7 Å². The van der Waals surface area contributed by atoms with Crippen LogP contribution in [0.15, 0.2) is 12.2 Å². The highest BCUT2D eigenvalue weighted by molar-refractivity contribution is 5.69. The predicted molar refractivity (Wildman–Crippen MR) is 229 cm³/mol. The second-order valence-corrected chi connectivity index (χ2v) is 15.8. The average Bonchev–Trinajstić information content (AvgIpc) is 3.17. The zero-order valence-corrected chi connectivity index (χ0v) is 36.2. The predicted octanol–water partition coefficient (Wildman–Crippen LogP) is 12.9. The van der Waals surface area contributed by atoms with Crippen LogP contribution < -0.4 is 0 Å². The molecule has 0 amide bonds. The molecule has 320 valence electrons. The van der Waals surface area contributed by atoms with Crippen molar-refractivity contribution in [3.05, 3.63) is 12.2 Å². The van der Waals surface area contributed by atoms with Crippen LogP contribution in [-0.2, 0) is 23.8 Å². The van der Waals surface area contributed by atoms with E-state index in [1.165, 1.54) is 116 Å². The molecule has 7 nitrogen and oxygen atoms in total. The van der Waals surface area contributed by atoms with Crippen molar-refractivity contribution in [2.45, 2.75) is 232 Å². The fraction of sp³-hybridized carbons (Fsp3) is 0.915. The Bertz CT molecular complexity index is 789. The number of aliphatic hydroxyl groups excluding tert-OH is 1. The van der Waals surface area contributed by atoms with E-state index in [0.717, 1.165) is 103 Å². The molecule has 0 unspecified atom stereocenters. The standard InChI is InChI=1S/C47H91NO6/c1-4-7-10-13-17-23-34-45(35-24-18-14-11-8-5-2)54-47(51)37-25-19-16-20-27-38-48(40-29-30-41-49)39-28-22-26-36-46(50)53-44-33-32-43-52-42-31-21-15-12-9-6-3/h32-33,45,49H,4-31,34-44H2,1-3H3/b33-32-. The fourth-order valence-electron chi connectivity index (χ4n) is 7.00. The molecule has 0 heterocycles. The smallest absolute Gasteiger partial charge is 0.306 e. The maximum absolute atomic E-state index is 12.7. The molecule has 0 fully saturated rings. The van der Waals surface area contributed by atoms with Gasteiger partial charge in [0.25, 0.3) is 0 Å². The summed E-state index contributed by atoms with van der Waals surface area (Å²) >= 11 is 0. The minimum Gasteiger partial charge on any atom is -0.462 e. The molecule has 0 radical (unpaired) electrons. The van der Waals surface area contributed by atoms with Crippen LogP contribution in [0.1, 0.15) is 226 Å². The Morgan fingerprint density at radius 1 is 0.500 bits per heavy atom. The maximum atomic E-state index is 12.7. The van der Waals surface area contributed by atoms with E-state index in [1.807, 2.05) is 12.2 Å². The topological polar surface area (TPSA) is 85.3 Å². The van der Waals surface area contributed by atoms with Crippen molar-refractivity contribution in [2.75, 3.05) is 46.1 Å². The zero-order valence-electron chi connectivity index (χ0n) is 36.2. The molecule has 1 N–H and O–H groups in total. The molecule has 0 bridgehead atoms. The van der Waals surface area contributed by atoms with Crippen LogP contribution in [-0.4, -0.2) is 74.1 Å². The fourth-order valence-corrected chi connectivity index (χ4v) is 7.00. The highest BCUT2D eigenvalue weighted by Gasteiger charge is 2.14. The Kier molecular flexibility index (Phi) is 43.1. The van der Waals surface area contributed by atoms with Crippen LogP contribution in [0.5, 0.6) is 0 Å². The molecule has 0 saturated heterocycles. The van der Waals surface area contributed by atoms with Gasteiger partial charge in [0.15, 0.2) is 0 Å². The van der Waals surface area contributed by atoms with Gasteiger partial charge in [-0.3, -0.25) is 9.59 Å². The number of rotatable bonds is 44. The van der Waals surface area contributed by atoms with Gasteiger partial charge in [0.2, 0.25) is 0 Å². The first-order chi connectivity index (χ1) is 26.6. The molecular formula is C47H91NO6. The Balaban J connectivity index is 4.12. The van der Waals surface area contributed by atoms with E-state index in [4.69, 9.17) is 14.2 Å². The van der Waals surface area contributed by atoms with Gasteiger partial charge in [-0.15, -0.1) is 0 Å². The first-order valence-corrected chi connectivity index (χ1v) is 23.5. The minimum absolute atomic E-state index is 0.0107. The summed E-state index contributed by atoms with van der Waals surface area (Å²) in [4.78, 5) is 27.4. The van der Waals surface area contributed by atoms with Crippen LogP contribution in [0.25, 0.3) is 0 Å². The molecule has 0 aromatic rings. The van der Waals surface area contributed by atoms with E-state index >= 15 is 0 Å². The lowest BCUT2D eigenvalue weighted by Gasteiger charge is -2.22. The number of carbonyl (C=O) groups excluding carboxylic acids is 2. The second-order valence-electron chi connectivity index (χ2n) is 15.8. The molecular weight excluding hydrogens is 675 g/mol. The monoisotopic (exact) mass is 766 g/mol. The summed E-state index contributed by atoms with van der Waals surface area (Å²) in [6.45, 7) is 11.8. The summed E-state index contributed by atoms with van der Waals surface area (Å²) in [6, 6.07) is 0. The van der Waals surface area contributed by atoms with E-state index < -0.39 is 0 Å². The van der Waals surface area contributed by atoms with Gasteiger partial charge >= 0.3 is 11.9 Å².